The van der Waals surface area contributed by atoms with Crippen molar-refractivity contribution >= 4 is 5.97 Å². The van der Waals surface area contributed by atoms with Gasteiger partial charge in [0.1, 0.15) is 5.60 Å². The number of hydrogen-bond acceptors (Lipinski definition) is 3. The molecular weight excluding hydrogens is 228 g/mol. The van der Waals surface area contributed by atoms with Crippen molar-refractivity contribution < 1.29 is 14.6 Å². The highest BCUT2D eigenvalue weighted by Crippen LogP contribution is 2.70. The predicted molar refractivity (Wildman–Crippen MR) is 65.6 cm³/mol. The van der Waals surface area contributed by atoms with E-state index in [9.17, 15) is 9.90 Å². The molecule has 8 unspecified atom stereocenters. The maximum absolute atomic E-state index is 11.3. The summed E-state index contributed by atoms with van der Waals surface area (Å²) in [6.07, 6.45) is 4.41. The van der Waals surface area contributed by atoms with Crippen LogP contribution >= 0.6 is 0 Å². The first-order valence-electron chi connectivity index (χ1n) is 7.37. The van der Waals surface area contributed by atoms with E-state index in [4.69, 9.17) is 4.74 Å². The molecule has 0 aliphatic heterocycles. The Morgan fingerprint density at radius 3 is 2.72 bits per heavy atom. The first-order chi connectivity index (χ1) is 8.49. The average Bonchev–Trinajstić information content (AvgIpc) is 2.91. The van der Waals surface area contributed by atoms with Crippen molar-refractivity contribution in [1.29, 1.82) is 0 Å². The smallest absolute Gasteiger partial charge is 0.303 e. The van der Waals surface area contributed by atoms with E-state index in [1.54, 1.807) is 0 Å². The lowest BCUT2D eigenvalue weighted by Gasteiger charge is -2.44. The summed E-state index contributed by atoms with van der Waals surface area (Å²) in [5.74, 6) is 3.81. The molecule has 0 radical (unpaired) electrons. The number of hydrogen-bond donors (Lipinski definition) is 1. The fraction of sp³-hybridized carbons (Fsp3) is 0.933. The molecule has 4 fully saturated rings. The molecule has 18 heavy (non-hydrogen) atoms. The fourth-order valence-electron chi connectivity index (χ4n) is 6.31. The Morgan fingerprint density at radius 2 is 2.00 bits per heavy atom. The number of carbonyl (C=O) groups is 1. The molecular formula is C15H22O3. The van der Waals surface area contributed by atoms with Gasteiger partial charge >= 0.3 is 5.97 Å². The summed E-state index contributed by atoms with van der Waals surface area (Å²) in [6, 6.07) is 0. The molecule has 4 aliphatic rings. The van der Waals surface area contributed by atoms with Crippen LogP contribution in [0.3, 0.4) is 0 Å². The van der Waals surface area contributed by atoms with Crippen LogP contribution in [0.1, 0.15) is 39.5 Å². The van der Waals surface area contributed by atoms with Crippen LogP contribution in [0.2, 0.25) is 0 Å². The van der Waals surface area contributed by atoms with E-state index in [1.807, 2.05) is 0 Å². The zero-order chi connectivity index (χ0) is 12.7. The summed E-state index contributed by atoms with van der Waals surface area (Å²) in [6.45, 7) is 3.66. The number of esters is 1. The van der Waals surface area contributed by atoms with Gasteiger partial charge in [-0.1, -0.05) is 0 Å². The molecule has 0 aromatic rings. The van der Waals surface area contributed by atoms with E-state index >= 15 is 0 Å². The van der Waals surface area contributed by atoms with Gasteiger partial charge in [0.2, 0.25) is 0 Å². The van der Waals surface area contributed by atoms with Gasteiger partial charge in [-0.25, -0.2) is 0 Å². The van der Waals surface area contributed by atoms with Crippen molar-refractivity contribution in [3.8, 4) is 0 Å². The van der Waals surface area contributed by atoms with Gasteiger partial charge in [0.15, 0.2) is 0 Å². The molecule has 0 saturated heterocycles. The van der Waals surface area contributed by atoms with Gasteiger partial charge in [-0.2, -0.15) is 0 Å². The second kappa shape index (κ2) is 3.30. The predicted octanol–water partition coefficient (Wildman–Crippen LogP) is 1.98. The standard InChI is InChI=1S/C15H22O3/c1-7(16)18-15(2)6-9-4-11(15)14-8-3-10(13(9)14)12(17)5-8/h8-14,17H,3-6H2,1-2H3. The number of carbonyl (C=O) groups excluding carboxylic acids is 1. The Bertz CT molecular complexity index is 407. The van der Waals surface area contributed by atoms with Gasteiger partial charge in [-0.15, -0.1) is 0 Å². The SMILES string of the molecule is CC(=O)OC1(C)CC2CC1C1C3CC(O)C(C3)C21. The van der Waals surface area contributed by atoms with Crippen molar-refractivity contribution in [2.75, 3.05) is 0 Å². The zero-order valence-electron chi connectivity index (χ0n) is 11.1. The van der Waals surface area contributed by atoms with E-state index in [-0.39, 0.29) is 17.7 Å². The van der Waals surface area contributed by atoms with Gasteiger partial charge in [0.25, 0.3) is 0 Å². The highest BCUT2D eigenvalue weighted by atomic mass is 16.6. The van der Waals surface area contributed by atoms with Gasteiger partial charge in [0.05, 0.1) is 6.10 Å². The number of rotatable bonds is 1. The second-order valence-electron chi connectivity index (χ2n) is 7.33. The van der Waals surface area contributed by atoms with Gasteiger partial charge < -0.3 is 9.84 Å². The normalized spacial score (nSPS) is 60.1. The van der Waals surface area contributed by atoms with Crippen LogP contribution in [0.4, 0.5) is 0 Å². The molecule has 0 heterocycles. The van der Waals surface area contributed by atoms with Crippen LogP contribution in [0.25, 0.3) is 0 Å². The summed E-state index contributed by atoms with van der Waals surface area (Å²) in [5.41, 5.74) is -0.215. The Labute approximate surface area is 108 Å². The van der Waals surface area contributed by atoms with Crippen LogP contribution < -0.4 is 0 Å². The molecule has 0 aromatic heterocycles. The average molecular weight is 250 g/mol. The van der Waals surface area contributed by atoms with Crippen molar-refractivity contribution in [3.63, 3.8) is 0 Å². The highest BCUT2D eigenvalue weighted by Gasteiger charge is 2.68. The van der Waals surface area contributed by atoms with Crippen molar-refractivity contribution in [2.45, 2.75) is 51.2 Å². The van der Waals surface area contributed by atoms with Crippen molar-refractivity contribution in [1.82, 2.24) is 0 Å². The maximum atomic E-state index is 11.3. The van der Waals surface area contributed by atoms with E-state index in [0.29, 0.717) is 23.7 Å². The zero-order valence-corrected chi connectivity index (χ0v) is 11.1. The largest absolute Gasteiger partial charge is 0.459 e. The van der Waals surface area contributed by atoms with Crippen molar-refractivity contribution in [3.05, 3.63) is 0 Å². The first-order valence-corrected chi connectivity index (χ1v) is 7.37. The fourth-order valence-corrected chi connectivity index (χ4v) is 6.31. The van der Waals surface area contributed by atoms with Crippen molar-refractivity contribution in [2.24, 2.45) is 35.5 Å². The molecule has 100 valence electrons. The second-order valence-corrected chi connectivity index (χ2v) is 7.33. The maximum Gasteiger partial charge on any atom is 0.303 e. The minimum atomic E-state index is -0.215. The lowest BCUT2D eigenvalue weighted by atomic mass is 9.65. The molecule has 3 heteroatoms. The number of fused-ring (bicyclic) bond motifs is 9. The molecule has 0 aromatic carbocycles. The minimum absolute atomic E-state index is 0.0458. The monoisotopic (exact) mass is 250 g/mol. The topological polar surface area (TPSA) is 46.5 Å². The molecule has 4 saturated carbocycles. The number of ether oxygens (including phenoxy) is 1. The Morgan fingerprint density at radius 1 is 1.22 bits per heavy atom. The van der Waals surface area contributed by atoms with Gasteiger partial charge in [-0.05, 0) is 62.2 Å². The third-order valence-electron chi connectivity index (χ3n) is 6.49. The van der Waals surface area contributed by atoms with E-state index in [2.05, 4.69) is 6.92 Å². The van der Waals surface area contributed by atoms with Gasteiger partial charge in [0, 0.05) is 12.8 Å². The molecule has 0 spiro atoms. The summed E-state index contributed by atoms with van der Waals surface area (Å²) >= 11 is 0. The molecule has 4 aliphatic carbocycles. The Balaban J connectivity index is 1.63. The molecule has 3 nitrogen and oxygen atoms in total. The molecule has 1 N–H and O–H groups in total. The Hall–Kier alpha value is -0.570. The third-order valence-corrected chi connectivity index (χ3v) is 6.49. The number of aliphatic hydroxyl groups excluding tert-OH is 1. The summed E-state index contributed by atoms with van der Waals surface area (Å²) in [5, 5.41) is 10.1. The quantitative estimate of drug-likeness (QED) is 0.572. The summed E-state index contributed by atoms with van der Waals surface area (Å²) in [7, 11) is 0. The molecule has 4 bridgehead atoms. The third kappa shape index (κ3) is 1.21. The lowest BCUT2D eigenvalue weighted by Crippen LogP contribution is -2.47. The van der Waals surface area contributed by atoms with Crippen LogP contribution in [0.15, 0.2) is 0 Å². The first kappa shape index (κ1) is 11.3. The van der Waals surface area contributed by atoms with Crippen LogP contribution in [-0.4, -0.2) is 22.8 Å². The van der Waals surface area contributed by atoms with Gasteiger partial charge in [-0.3, -0.25) is 4.79 Å². The Kier molecular flexibility index (Phi) is 2.07. The van der Waals surface area contributed by atoms with Crippen LogP contribution in [0, 0.1) is 35.5 Å². The summed E-state index contributed by atoms with van der Waals surface area (Å²) < 4.78 is 5.67. The van der Waals surface area contributed by atoms with E-state index in [1.165, 1.54) is 19.8 Å². The van der Waals surface area contributed by atoms with E-state index < -0.39 is 0 Å². The molecule has 4 rings (SSSR count). The lowest BCUT2D eigenvalue weighted by molar-refractivity contribution is -0.167. The van der Waals surface area contributed by atoms with E-state index in [0.717, 1.165) is 24.7 Å². The highest BCUT2D eigenvalue weighted by molar-refractivity contribution is 5.66. The molecule has 0 amide bonds. The molecule has 8 atom stereocenters. The summed E-state index contributed by atoms with van der Waals surface area (Å²) in [4.78, 5) is 11.3. The van der Waals surface area contributed by atoms with Crippen LogP contribution in [-0.2, 0) is 9.53 Å². The number of aliphatic hydroxyl groups is 1. The minimum Gasteiger partial charge on any atom is -0.459 e. The van der Waals surface area contributed by atoms with Crippen LogP contribution in [0.5, 0.6) is 0 Å².